The topological polar surface area (TPSA) is 88.9 Å². The Balaban J connectivity index is 1.40. The second kappa shape index (κ2) is 8.24. The summed E-state index contributed by atoms with van der Waals surface area (Å²) in [6.45, 7) is 0.387. The number of aryl methyl sites for hydroxylation is 1. The number of anilines is 1. The first-order valence-corrected chi connectivity index (χ1v) is 10.1. The van der Waals surface area contributed by atoms with E-state index in [4.69, 9.17) is 0 Å². The van der Waals surface area contributed by atoms with Crippen molar-refractivity contribution < 1.29 is 9.00 Å². The molecule has 2 aromatic carbocycles. The molecule has 146 valence electrons. The Kier molecular flexibility index (Phi) is 5.35. The van der Waals surface area contributed by atoms with E-state index in [1.54, 1.807) is 47.5 Å². The molecular weight excluding hydrogens is 386 g/mol. The molecule has 0 bridgehead atoms. The van der Waals surface area contributed by atoms with Crippen molar-refractivity contribution in [2.24, 2.45) is 7.05 Å². The molecule has 1 atom stereocenters. The minimum atomic E-state index is -1.32. The standard InChI is InChI=1S/C21H19N5O2S/c1-26-20-9-8-19(11-16(20)14-24-26)29(28)18-6-4-17(5-7-18)25-21(27)23-13-15-3-2-10-22-12-15/h2-12,14H,13H2,1H3,(H2,23,25,27). The maximum absolute atomic E-state index is 12.9. The van der Waals surface area contributed by atoms with Crippen molar-refractivity contribution in [3.05, 3.63) is 78.8 Å². The summed E-state index contributed by atoms with van der Waals surface area (Å²) in [5.74, 6) is 0. The minimum Gasteiger partial charge on any atom is -0.334 e. The van der Waals surface area contributed by atoms with E-state index in [9.17, 15) is 9.00 Å². The highest BCUT2D eigenvalue weighted by molar-refractivity contribution is 7.85. The Morgan fingerprint density at radius 2 is 1.86 bits per heavy atom. The van der Waals surface area contributed by atoms with Gasteiger partial charge in [-0.1, -0.05) is 6.07 Å². The number of rotatable bonds is 5. The first-order chi connectivity index (χ1) is 14.1. The van der Waals surface area contributed by atoms with Crippen LogP contribution in [0.1, 0.15) is 5.56 Å². The summed E-state index contributed by atoms with van der Waals surface area (Å²) in [4.78, 5) is 17.4. The van der Waals surface area contributed by atoms with Crippen LogP contribution in [0.5, 0.6) is 0 Å². The molecule has 2 aromatic heterocycles. The molecule has 0 spiro atoms. The number of aromatic nitrogens is 3. The number of carbonyl (C=O) groups is 1. The van der Waals surface area contributed by atoms with Crippen LogP contribution < -0.4 is 10.6 Å². The van der Waals surface area contributed by atoms with Crippen molar-refractivity contribution >= 4 is 33.4 Å². The molecule has 2 heterocycles. The summed E-state index contributed by atoms with van der Waals surface area (Å²) in [5.41, 5.74) is 2.53. The molecular formula is C21H19N5O2S. The third-order valence-electron chi connectivity index (χ3n) is 4.43. The molecule has 0 aliphatic rings. The monoisotopic (exact) mass is 405 g/mol. The second-order valence-electron chi connectivity index (χ2n) is 6.45. The van der Waals surface area contributed by atoms with Gasteiger partial charge in [0, 0.05) is 46.9 Å². The molecule has 0 radical (unpaired) electrons. The second-order valence-corrected chi connectivity index (χ2v) is 7.93. The van der Waals surface area contributed by atoms with E-state index < -0.39 is 10.8 Å². The van der Waals surface area contributed by atoms with Gasteiger partial charge in [-0.15, -0.1) is 0 Å². The van der Waals surface area contributed by atoms with E-state index in [0.717, 1.165) is 16.5 Å². The zero-order chi connectivity index (χ0) is 20.2. The fourth-order valence-electron chi connectivity index (χ4n) is 2.92. The van der Waals surface area contributed by atoms with Crippen molar-refractivity contribution in [2.75, 3.05) is 5.32 Å². The lowest BCUT2D eigenvalue weighted by Crippen LogP contribution is -2.28. The summed E-state index contributed by atoms with van der Waals surface area (Å²) in [6, 6.07) is 16.0. The summed E-state index contributed by atoms with van der Waals surface area (Å²) in [6.07, 6.45) is 5.14. The van der Waals surface area contributed by atoms with Crippen LogP contribution in [0, 0.1) is 0 Å². The van der Waals surface area contributed by atoms with Crippen LogP contribution in [0.2, 0.25) is 0 Å². The quantitative estimate of drug-likeness (QED) is 0.532. The van der Waals surface area contributed by atoms with Gasteiger partial charge in [0.1, 0.15) is 0 Å². The highest BCUT2D eigenvalue weighted by Gasteiger charge is 2.10. The van der Waals surface area contributed by atoms with Crippen molar-refractivity contribution in [1.29, 1.82) is 0 Å². The number of benzene rings is 2. The lowest BCUT2D eigenvalue weighted by molar-refractivity contribution is 0.251. The van der Waals surface area contributed by atoms with Gasteiger partial charge in [0.05, 0.1) is 22.5 Å². The van der Waals surface area contributed by atoms with Gasteiger partial charge in [0.15, 0.2) is 0 Å². The number of nitrogens with zero attached hydrogens (tertiary/aromatic N) is 3. The van der Waals surface area contributed by atoms with Gasteiger partial charge in [-0.3, -0.25) is 9.67 Å². The van der Waals surface area contributed by atoms with Crippen molar-refractivity contribution in [2.45, 2.75) is 16.3 Å². The van der Waals surface area contributed by atoms with E-state index in [-0.39, 0.29) is 6.03 Å². The van der Waals surface area contributed by atoms with Crippen LogP contribution in [0.15, 0.2) is 83.0 Å². The predicted octanol–water partition coefficient (Wildman–Crippen LogP) is 3.46. The van der Waals surface area contributed by atoms with Gasteiger partial charge in [0.2, 0.25) is 0 Å². The Labute approximate surface area is 170 Å². The smallest absolute Gasteiger partial charge is 0.319 e. The lowest BCUT2D eigenvalue weighted by atomic mass is 10.2. The maximum atomic E-state index is 12.9. The van der Waals surface area contributed by atoms with E-state index in [0.29, 0.717) is 22.0 Å². The number of pyridine rings is 1. The fraction of sp³-hybridized carbons (Fsp3) is 0.0952. The van der Waals surface area contributed by atoms with Crippen LogP contribution in [0.4, 0.5) is 10.5 Å². The highest BCUT2D eigenvalue weighted by Crippen LogP contribution is 2.22. The predicted molar refractivity (Wildman–Crippen MR) is 112 cm³/mol. The fourth-order valence-corrected chi connectivity index (χ4v) is 4.00. The van der Waals surface area contributed by atoms with Crippen LogP contribution in [0.25, 0.3) is 10.9 Å². The molecule has 0 aliphatic heterocycles. The summed E-state index contributed by atoms with van der Waals surface area (Å²) in [5, 5.41) is 10.7. The highest BCUT2D eigenvalue weighted by atomic mass is 32.2. The molecule has 1 unspecified atom stereocenters. The van der Waals surface area contributed by atoms with Crippen molar-refractivity contribution in [3.63, 3.8) is 0 Å². The van der Waals surface area contributed by atoms with Crippen LogP contribution in [-0.2, 0) is 24.4 Å². The Morgan fingerprint density at radius 3 is 2.62 bits per heavy atom. The summed E-state index contributed by atoms with van der Waals surface area (Å²) >= 11 is 0. The van der Waals surface area contributed by atoms with Gasteiger partial charge in [-0.25, -0.2) is 9.00 Å². The maximum Gasteiger partial charge on any atom is 0.319 e. The first-order valence-electron chi connectivity index (χ1n) is 8.97. The summed E-state index contributed by atoms with van der Waals surface area (Å²) < 4.78 is 14.6. The van der Waals surface area contributed by atoms with Gasteiger partial charge in [0.25, 0.3) is 0 Å². The molecule has 0 saturated heterocycles. The third-order valence-corrected chi connectivity index (χ3v) is 5.82. The first kappa shape index (κ1) is 18.8. The van der Waals surface area contributed by atoms with Crippen molar-refractivity contribution in [3.8, 4) is 0 Å². The zero-order valence-electron chi connectivity index (χ0n) is 15.7. The van der Waals surface area contributed by atoms with Gasteiger partial charge < -0.3 is 10.6 Å². The molecule has 0 fully saturated rings. The van der Waals surface area contributed by atoms with E-state index in [1.807, 2.05) is 37.4 Å². The van der Waals surface area contributed by atoms with Crippen LogP contribution in [0.3, 0.4) is 0 Å². The molecule has 8 heteroatoms. The molecule has 2 amide bonds. The minimum absolute atomic E-state index is 0.315. The average molecular weight is 405 g/mol. The number of urea groups is 1. The Bertz CT molecular complexity index is 1170. The zero-order valence-corrected chi connectivity index (χ0v) is 16.5. The van der Waals surface area contributed by atoms with Gasteiger partial charge in [-0.2, -0.15) is 5.10 Å². The molecule has 2 N–H and O–H groups in total. The van der Waals surface area contributed by atoms with Gasteiger partial charge in [-0.05, 0) is 54.1 Å². The molecule has 7 nitrogen and oxygen atoms in total. The average Bonchev–Trinajstić information content (AvgIpc) is 3.13. The number of amides is 2. The third kappa shape index (κ3) is 4.33. The number of nitrogens with one attached hydrogen (secondary N) is 2. The van der Waals surface area contributed by atoms with E-state index >= 15 is 0 Å². The number of fused-ring (bicyclic) bond motifs is 1. The molecule has 0 aliphatic carbocycles. The molecule has 4 rings (SSSR count). The molecule has 0 saturated carbocycles. The SMILES string of the molecule is Cn1ncc2cc(S(=O)c3ccc(NC(=O)NCc4cccnc4)cc3)ccc21. The van der Waals surface area contributed by atoms with Crippen LogP contribution >= 0.6 is 0 Å². The van der Waals surface area contributed by atoms with E-state index in [1.165, 1.54) is 0 Å². The lowest BCUT2D eigenvalue weighted by Gasteiger charge is -2.08. The largest absolute Gasteiger partial charge is 0.334 e. The number of hydrogen-bond acceptors (Lipinski definition) is 4. The van der Waals surface area contributed by atoms with E-state index in [2.05, 4.69) is 20.7 Å². The molecule has 4 aromatic rings. The Morgan fingerprint density at radius 1 is 1.07 bits per heavy atom. The number of hydrogen-bond donors (Lipinski definition) is 2. The normalized spacial score (nSPS) is 11.9. The number of carbonyl (C=O) groups excluding carboxylic acids is 1. The van der Waals surface area contributed by atoms with Gasteiger partial charge >= 0.3 is 6.03 Å². The Hall–Kier alpha value is -3.52. The molecule has 29 heavy (non-hydrogen) atoms. The van der Waals surface area contributed by atoms with Crippen molar-refractivity contribution in [1.82, 2.24) is 20.1 Å². The summed E-state index contributed by atoms with van der Waals surface area (Å²) in [7, 11) is 0.557. The van der Waals surface area contributed by atoms with Crippen LogP contribution in [-0.4, -0.2) is 25.0 Å².